The van der Waals surface area contributed by atoms with Crippen LogP contribution in [0.25, 0.3) is 0 Å². The van der Waals surface area contributed by atoms with Gasteiger partial charge in [0.25, 0.3) is 10.0 Å². The van der Waals surface area contributed by atoms with E-state index in [0.29, 0.717) is 16.6 Å². The van der Waals surface area contributed by atoms with Crippen LogP contribution in [0.15, 0.2) is 94.3 Å². The Labute approximate surface area is 227 Å². The van der Waals surface area contributed by atoms with E-state index in [1.165, 1.54) is 17.0 Å². The Morgan fingerprint density at radius 3 is 2.11 bits per heavy atom. The zero-order valence-electron chi connectivity index (χ0n) is 21.2. The SMILES string of the molecule is CC[C@H](C(=O)NC(C)C)N(Cc1ccccc1)C(=O)CN(c1cccc(Br)c1)S(=O)(=O)c1ccccc1. The summed E-state index contributed by atoms with van der Waals surface area (Å²) in [5.74, 6) is -0.754. The zero-order chi connectivity index (χ0) is 27.0. The van der Waals surface area contributed by atoms with Gasteiger partial charge in [-0.25, -0.2) is 8.42 Å². The molecule has 0 aromatic heterocycles. The molecule has 0 aliphatic rings. The van der Waals surface area contributed by atoms with Crippen LogP contribution in [0.2, 0.25) is 0 Å². The van der Waals surface area contributed by atoms with E-state index in [2.05, 4.69) is 21.2 Å². The summed E-state index contributed by atoms with van der Waals surface area (Å²) in [6.45, 7) is 5.25. The van der Waals surface area contributed by atoms with Crippen LogP contribution in [-0.2, 0) is 26.2 Å². The van der Waals surface area contributed by atoms with Crippen molar-refractivity contribution in [2.24, 2.45) is 0 Å². The number of carbonyl (C=O) groups excluding carboxylic acids is 2. The Morgan fingerprint density at radius 1 is 0.919 bits per heavy atom. The van der Waals surface area contributed by atoms with E-state index in [-0.39, 0.29) is 23.4 Å². The number of amides is 2. The highest BCUT2D eigenvalue weighted by molar-refractivity contribution is 9.10. The number of anilines is 1. The maximum atomic E-state index is 13.9. The minimum Gasteiger partial charge on any atom is -0.352 e. The highest BCUT2D eigenvalue weighted by atomic mass is 79.9. The lowest BCUT2D eigenvalue weighted by molar-refractivity contribution is -0.140. The van der Waals surface area contributed by atoms with Gasteiger partial charge in [-0.1, -0.05) is 77.5 Å². The Kier molecular flexibility index (Phi) is 9.88. The Hall–Kier alpha value is -3.17. The molecule has 0 fully saturated rings. The van der Waals surface area contributed by atoms with Crippen molar-refractivity contribution in [1.29, 1.82) is 0 Å². The van der Waals surface area contributed by atoms with Gasteiger partial charge in [-0.15, -0.1) is 0 Å². The molecular weight excluding hydrogens is 554 g/mol. The van der Waals surface area contributed by atoms with Gasteiger partial charge < -0.3 is 10.2 Å². The second kappa shape index (κ2) is 12.9. The van der Waals surface area contributed by atoms with Crippen molar-refractivity contribution in [3.63, 3.8) is 0 Å². The van der Waals surface area contributed by atoms with Crippen LogP contribution >= 0.6 is 15.9 Å². The van der Waals surface area contributed by atoms with E-state index >= 15 is 0 Å². The largest absolute Gasteiger partial charge is 0.352 e. The van der Waals surface area contributed by atoms with E-state index < -0.39 is 28.5 Å². The molecule has 7 nitrogen and oxygen atoms in total. The summed E-state index contributed by atoms with van der Waals surface area (Å²) >= 11 is 3.40. The van der Waals surface area contributed by atoms with E-state index in [4.69, 9.17) is 0 Å². The summed E-state index contributed by atoms with van der Waals surface area (Å²) in [5.41, 5.74) is 1.18. The van der Waals surface area contributed by atoms with Gasteiger partial charge >= 0.3 is 0 Å². The molecule has 0 bridgehead atoms. The number of nitrogens with zero attached hydrogens (tertiary/aromatic N) is 2. The maximum Gasteiger partial charge on any atom is 0.264 e. The van der Waals surface area contributed by atoms with Gasteiger partial charge in [0.05, 0.1) is 10.6 Å². The van der Waals surface area contributed by atoms with Gasteiger partial charge in [0.2, 0.25) is 11.8 Å². The third-order valence-corrected chi connectivity index (χ3v) is 8.00. The van der Waals surface area contributed by atoms with E-state index in [1.807, 2.05) is 51.1 Å². The number of sulfonamides is 1. The molecule has 0 heterocycles. The predicted molar refractivity (Wildman–Crippen MR) is 149 cm³/mol. The summed E-state index contributed by atoms with van der Waals surface area (Å²) in [7, 11) is -4.08. The number of carbonyl (C=O) groups is 2. The molecular formula is C28H32BrN3O4S. The summed E-state index contributed by atoms with van der Waals surface area (Å²) in [5, 5.41) is 2.89. The second-order valence-corrected chi connectivity index (χ2v) is 11.7. The van der Waals surface area contributed by atoms with E-state index in [0.717, 1.165) is 9.87 Å². The fourth-order valence-corrected chi connectivity index (χ4v) is 5.77. The maximum absolute atomic E-state index is 13.9. The van der Waals surface area contributed by atoms with Crippen LogP contribution in [-0.4, -0.2) is 43.8 Å². The number of rotatable bonds is 11. The number of benzene rings is 3. The molecule has 1 N–H and O–H groups in total. The molecule has 1 atom stereocenters. The van der Waals surface area contributed by atoms with Gasteiger partial charge in [-0.05, 0) is 56.2 Å². The third-order valence-electron chi connectivity index (χ3n) is 5.72. The third kappa shape index (κ3) is 7.42. The topological polar surface area (TPSA) is 86.8 Å². The molecule has 3 aromatic rings. The summed E-state index contributed by atoms with van der Waals surface area (Å²) in [4.78, 5) is 28.6. The first kappa shape index (κ1) is 28.4. The summed E-state index contributed by atoms with van der Waals surface area (Å²) in [6.07, 6.45) is 0.374. The average molecular weight is 587 g/mol. The molecule has 3 rings (SSSR count). The van der Waals surface area contributed by atoms with Gasteiger partial charge in [0, 0.05) is 17.1 Å². The van der Waals surface area contributed by atoms with Crippen molar-refractivity contribution < 1.29 is 18.0 Å². The van der Waals surface area contributed by atoms with Crippen molar-refractivity contribution in [3.8, 4) is 0 Å². The number of nitrogens with one attached hydrogen (secondary N) is 1. The molecule has 2 amide bonds. The first-order valence-electron chi connectivity index (χ1n) is 12.1. The number of hydrogen-bond acceptors (Lipinski definition) is 4. The van der Waals surface area contributed by atoms with Gasteiger partial charge in [-0.2, -0.15) is 0 Å². The fourth-order valence-electron chi connectivity index (χ4n) is 3.96. The molecule has 0 saturated heterocycles. The van der Waals surface area contributed by atoms with Crippen molar-refractivity contribution in [2.75, 3.05) is 10.8 Å². The normalized spacial score (nSPS) is 12.1. The van der Waals surface area contributed by atoms with Crippen LogP contribution in [0.3, 0.4) is 0 Å². The van der Waals surface area contributed by atoms with E-state index in [9.17, 15) is 18.0 Å². The standard InChI is InChI=1S/C28H32BrN3O4S/c1-4-26(28(34)30-21(2)3)31(19-22-12-7-5-8-13-22)27(33)20-32(24-15-11-14-23(29)18-24)37(35,36)25-16-9-6-10-17-25/h5-18,21,26H,4,19-20H2,1-3H3,(H,30,34)/t26-/m1/s1. The molecule has 0 spiro atoms. The van der Waals surface area contributed by atoms with Crippen molar-refractivity contribution in [2.45, 2.75) is 50.7 Å². The van der Waals surface area contributed by atoms with Crippen molar-refractivity contribution in [3.05, 3.63) is 95.0 Å². The van der Waals surface area contributed by atoms with Crippen LogP contribution in [0, 0.1) is 0 Å². The molecule has 9 heteroatoms. The van der Waals surface area contributed by atoms with Crippen LogP contribution in [0.5, 0.6) is 0 Å². The monoisotopic (exact) mass is 585 g/mol. The highest BCUT2D eigenvalue weighted by Gasteiger charge is 2.33. The minimum absolute atomic E-state index is 0.0713. The molecule has 0 aliphatic carbocycles. The zero-order valence-corrected chi connectivity index (χ0v) is 23.6. The molecule has 0 saturated carbocycles. The smallest absolute Gasteiger partial charge is 0.264 e. The molecule has 0 radical (unpaired) electrons. The molecule has 37 heavy (non-hydrogen) atoms. The average Bonchev–Trinajstić information content (AvgIpc) is 2.87. The molecule has 196 valence electrons. The van der Waals surface area contributed by atoms with Crippen LogP contribution in [0.1, 0.15) is 32.8 Å². The van der Waals surface area contributed by atoms with Crippen molar-refractivity contribution in [1.82, 2.24) is 10.2 Å². The second-order valence-electron chi connectivity index (χ2n) is 8.90. The molecule has 3 aromatic carbocycles. The highest BCUT2D eigenvalue weighted by Crippen LogP contribution is 2.27. The molecule has 0 aliphatic heterocycles. The minimum atomic E-state index is -4.08. The lowest BCUT2D eigenvalue weighted by atomic mass is 10.1. The van der Waals surface area contributed by atoms with Crippen LogP contribution in [0.4, 0.5) is 5.69 Å². The quantitative estimate of drug-likeness (QED) is 0.344. The van der Waals surface area contributed by atoms with Crippen LogP contribution < -0.4 is 9.62 Å². The predicted octanol–water partition coefficient (Wildman–Crippen LogP) is 4.98. The Balaban J connectivity index is 2.04. The summed E-state index contributed by atoms with van der Waals surface area (Å²) in [6, 6.07) is 23.3. The molecule has 0 unspecified atom stereocenters. The summed E-state index contributed by atoms with van der Waals surface area (Å²) < 4.78 is 29.3. The van der Waals surface area contributed by atoms with Gasteiger partial charge in [0.15, 0.2) is 0 Å². The lowest BCUT2D eigenvalue weighted by Crippen LogP contribution is -2.53. The van der Waals surface area contributed by atoms with Gasteiger partial charge in [0.1, 0.15) is 12.6 Å². The number of hydrogen-bond donors (Lipinski definition) is 1. The lowest BCUT2D eigenvalue weighted by Gasteiger charge is -2.33. The Bertz CT molecular complexity index is 1300. The van der Waals surface area contributed by atoms with Gasteiger partial charge in [-0.3, -0.25) is 13.9 Å². The van der Waals surface area contributed by atoms with Crippen molar-refractivity contribution >= 4 is 43.5 Å². The number of halogens is 1. The Morgan fingerprint density at radius 2 is 1.54 bits per heavy atom. The van der Waals surface area contributed by atoms with E-state index in [1.54, 1.807) is 42.5 Å². The first-order chi connectivity index (χ1) is 17.6. The first-order valence-corrected chi connectivity index (χ1v) is 14.3. The fraction of sp³-hybridized carbons (Fsp3) is 0.286.